The molecule has 3 aromatic heterocycles. The topological polar surface area (TPSA) is 101 Å². The minimum absolute atomic E-state index is 0.0619. The lowest BCUT2D eigenvalue weighted by Gasteiger charge is -2.12. The van der Waals surface area contributed by atoms with E-state index in [1.165, 1.54) is 6.92 Å². The van der Waals surface area contributed by atoms with Gasteiger partial charge < -0.3 is 9.73 Å². The zero-order valence-electron chi connectivity index (χ0n) is 20.2. The number of Topliss-reactive ketones (excluding diaryl/α,β-unsaturated/α-hetero) is 1. The fourth-order valence-corrected chi connectivity index (χ4v) is 4.50. The first kappa shape index (κ1) is 24.7. The highest BCUT2D eigenvalue weighted by molar-refractivity contribution is 6.34. The van der Waals surface area contributed by atoms with Crippen LogP contribution >= 0.6 is 23.2 Å². The second kappa shape index (κ2) is 9.84. The maximum atomic E-state index is 13.0. The molecule has 3 heterocycles. The number of amides is 1. The van der Waals surface area contributed by atoms with Gasteiger partial charge in [-0.2, -0.15) is 5.10 Å². The number of ketones is 1. The van der Waals surface area contributed by atoms with Gasteiger partial charge in [0.25, 0.3) is 0 Å². The summed E-state index contributed by atoms with van der Waals surface area (Å²) in [6, 6.07) is 16.6. The van der Waals surface area contributed by atoms with E-state index < -0.39 is 0 Å². The minimum atomic E-state index is -0.340. The second-order valence-electron chi connectivity index (χ2n) is 8.90. The smallest absolute Gasteiger partial charge is 0.229 e. The fourth-order valence-electron chi connectivity index (χ4n) is 4.10. The lowest BCUT2D eigenvalue weighted by atomic mass is 9.96. The maximum Gasteiger partial charge on any atom is 0.229 e. The number of halogens is 2. The van der Waals surface area contributed by atoms with Crippen molar-refractivity contribution < 1.29 is 14.0 Å². The van der Waals surface area contributed by atoms with Crippen molar-refractivity contribution in [1.82, 2.24) is 15.2 Å². The number of anilines is 1. The Hall–Kier alpha value is -3.94. The minimum Gasteiger partial charge on any atom is -0.432 e. The molecule has 2 N–H and O–H groups in total. The number of aromatic nitrogens is 3. The molecule has 0 radical (unpaired) electrons. The summed E-state index contributed by atoms with van der Waals surface area (Å²) in [6.45, 7) is 4.92. The van der Waals surface area contributed by atoms with Gasteiger partial charge in [-0.15, -0.1) is 0 Å². The van der Waals surface area contributed by atoms with Crippen LogP contribution in [0.25, 0.3) is 44.7 Å². The molecule has 186 valence electrons. The molecule has 0 aliphatic rings. The third kappa shape index (κ3) is 4.75. The molecule has 0 aliphatic carbocycles. The van der Waals surface area contributed by atoms with Crippen LogP contribution in [-0.2, 0) is 4.79 Å². The van der Waals surface area contributed by atoms with E-state index in [1.54, 1.807) is 32.2 Å². The number of nitrogens with zero attached hydrogens (tertiary/aromatic N) is 2. The second-order valence-corrected chi connectivity index (χ2v) is 9.75. The Labute approximate surface area is 222 Å². The number of pyridine rings is 1. The Kier molecular flexibility index (Phi) is 6.58. The van der Waals surface area contributed by atoms with Crippen molar-refractivity contribution >= 4 is 51.7 Å². The fraction of sp³-hybridized carbons (Fsp3) is 0.143. The van der Waals surface area contributed by atoms with Crippen molar-refractivity contribution in [1.29, 1.82) is 0 Å². The number of aromatic amines is 1. The highest BCUT2D eigenvalue weighted by atomic mass is 35.5. The molecule has 9 heteroatoms. The van der Waals surface area contributed by atoms with E-state index in [-0.39, 0.29) is 29.1 Å². The molecule has 1 amide bonds. The summed E-state index contributed by atoms with van der Waals surface area (Å²) in [5, 5.41) is 11.4. The molecule has 0 fully saturated rings. The Bertz CT molecular complexity index is 1640. The zero-order valence-corrected chi connectivity index (χ0v) is 21.7. The Morgan fingerprint density at radius 1 is 0.973 bits per heavy atom. The number of fused-ring (bicyclic) bond motifs is 1. The van der Waals surface area contributed by atoms with Crippen LogP contribution in [0.5, 0.6) is 0 Å². The molecule has 37 heavy (non-hydrogen) atoms. The van der Waals surface area contributed by atoms with Crippen molar-refractivity contribution in [2.45, 2.75) is 20.8 Å². The predicted molar refractivity (Wildman–Crippen MR) is 146 cm³/mol. The molecule has 0 bridgehead atoms. The van der Waals surface area contributed by atoms with Crippen molar-refractivity contribution in [2.24, 2.45) is 5.92 Å². The average molecular weight is 533 g/mol. The molecule has 2 aromatic carbocycles. The molecule has 5 rings (SSSR count). The number of hydrogen-bond donors (Lipinski definition) is 2. The standard InChI is InChI=1S/C28H22Cl2N4O3/c1-14(2)26(36)27-25(32-15(3)35)21-13-20(16-4-7-18(29)8-5-16)24(33-28(21)37-27)19-9-6-17(12-22(19)30)23-10-11-31-34-23/h4-14H,1-3H3,(H,31,34)(H,32,35). The van der Waals surface area contributed by atoms with Crippen LogP contribution < -0.4 is 5.32 Å². The van der Waals surface area contributed by atoms with E-state index in [2.05, 4.69) is 15.5 Å². The number of hydrogen-bond acceptors (Lipinski definition) is 5. The van der Waals surface area contributed by atoms with E-state index in [0.29, 0.717) is 32.4 Å². The van der Waals surface area contributed by atoms with Crippen LogP contribution in [0, 0.1) is 5.92 Å². The lowest BCUT2D eigenvalue weighted by Crippen LogP contribution is -2.12. The molecular weight excluding hydrogens is 511 g/mol. The first-order valence-electron chi connectivity index (χ1n) is 11.6. The first-order valence-corrected chi connectivity index (χ1v) is 12.3. The summed E-state index contributed by atoms with van der Waals surface area (Å²) < 4.78 is 5.96. The first-order chi connectivity index (χ1) is 17.7. The summed E-state index contributed by atoms with van der Waals surface area (Å²) >= 11 is 12.9. The van der Waals surface area contributed by atoms with Crippen LogP contribution in [0.3, 0.4) is 0 Å². The van der Waals surface area contributed by atoms with Gasteiger partial charge in [-0.25, -0.2) is 4.98 Å². The van der Waals surface area contributed by atoms with Crippen molar-refractivity contribution in [3.63, 3.8) is 0 Å². The Morgan fingerprint density at radius 2 is 1.70 bits per heavy atom. The van der Waals surface area contributed by atoms with Gasteiger partial charge in [0.15, 0.2) is 5.76 Å². The highest BCUT2D eigenvalue weighted by Crippen LogP contribution is 2.41. The monoisotopic (exact) mass is 532 g/mol. The summed E-state index contributed by atoms with van der Waals surface area (Å²) in [4.78, 5) is 29.8. The van der Waals surface area contributed by atoms with E-state index in [0.717, 1.165) is 22.4 Å². The van der Waals surface area contributed by atoms with Gasteiger partial charge in [-0.1, -0.05) is 61.3 Å². The summed E-state index contributed by atoms with van der Waals surface area (Å²) in [7, 11) is 0. The van der Waals surface area contributed by atoms with Crippen molar-refractivity contribution in [2.75, 3.05) is 5.32 Å². The molecule has 0 saturated heterocycles. The van der Waals surface area contributed by atoms with Gasteiger partial charge in [0.05, 0.1) is 21.8 Å². The number of benzene rings is 2. The SMILES string of the molecule is CC(=O)Nc1c(C(=O)C(C)C)oc2nc(-c3ccc(-c4cc[nH]n4)cc3Cl)c(-c3ccc(Cl)cc3)cc12. The summed E-state index contributed by atoms with van der Waals surface area (Å²) in [6.07, 6.45) is 1.74. The van der Waals surface area contributed by atoms with Crippen molar-refractivity contribution in [3.8, 4) is 33.6 Å². The van der Waals surface area contributed by atoms with Gasteiger partial charge in [0.2, 0.25) is 17.4 Å². The number of rotatable bonds is 6. The third-order valence-electron chi connectivity index (χ3n) is 5.91. The van der Waals surface area contributed by atoms with E-state index in [4.69, 9.17) is 32.6 Å². The molecule has 5 aromatic rings. The van der Waals surface area contributed by atoms with E-state index in [9.17, 15) is 9.59 Å². The summed E-state index contributed by atoms with van der Waals surface area (Å²) in [5.41, 5.74) is 4.91. The molecule has 0 atom stereocenters. The van der Waals surface area contributed by atoms with Crippen LogP contribution in [0.1, 0.15) is 31.3 Å². The van der Waals surface area contributed by atoms with Gasteiger partial charge in [-0.3, -0.25) is 14.7 Å². The number of H-pyrrole nitrogens is 1. The van der Waals surface area contributed by atoms with E-state index >= 15 is 0 Å². The third-order valence-corrected chi connectivity index (χ3v) is 6.47. The van der Waals surface area contributed by atoms with Gasteiger partial charge in [0, 0.05) is 40.8 Å². The van der Waals surface area contributed by atoms with Crippen LogP contribution in [0.15, 0.2) is 65.2 Å². The van der Waals surface area contributed by atoms with Gasteiger partial charge in [-0.05, 0) is 35.9 Å². The molecule has 7 nitrogen and oxygen atoms in total. The quantitative estimate of drug-likeness (QED) is 0.218. The molecule has 0 aliphatic heterocycles. The molecule has 0 saturated carbocycles. The number of nitrogens with one attached hydrogen (secondary N) is 2. The number of carbonyl (C=O) groups is 2. The van der Waals surface area contributed by atoms with Crippen molar-refractivity contribution in [3.05, 3.63) is 76.6 Å². The normalized spacial score (nSPS) is 11.3. The van der Waals surface area contributed by atoms with Crippen LogP contribution in [0.4, 0.5) is 5.69 Å². The molecule has 0 unspecified atom stereocenters. The van der Waals surface area contributed by atoms with Crippen LogP contribution in [-0.4, -0.2) is 26.9 Å². The lowest BCUT2D eigenvalue weighted by molar-refractivity contribution is -0.114. The average Bonchev–Trinajstić information content (AvgIpc) is 3.52. The predicted octanol–water partition coefficient (Wildman–Crippen LogP) is 7.66. The summed E-state index contributed by atoms with van der Waals surface area (Å²) in [5.74, 6) is -0.841. The number of carbonyl (C=O) groups excluding carboxylic acids is 2. The maximum absolute atomic E-state index is 13.0. The highest BCUT2D eigenvalue weighted by Gasteiger charge is 2.26. The van der Waals surface area contributed by atoms with Gasteiger partial charge >= 0.3 is 0 Å². The van der Waals surface area contributed by atoms with E-state index in [1.807, 2.05) is 42.5 Å². The number of furan rings is 1. The van der Waals surface area contributed by atoms with Gasteiger partial charge in [0.1, 0.15) is 5.69 Å². The zero-order chi connectivity index (χ0) is 26.3. The Balaban J connectivity index is 1.78. The largest absolute Gasteiger partial charge is 0.432 e. The molecule has 0 spiro atoms. The molecular formula is C28H22Cl2N4O3. The van der Waals surface area contributed by atoms with Crippen LogP contribution in [0.2, 0.25) is 10.0 Å². The Morgan fingerprint density at radius 3 is 2.32 bits per heavy atom.